The molecule has 0 fully saturated rings. The summed E-state index contributed by atoms with van der Waals surface area (Å²) in [6.45, 7) is 2.52. The Balaban J connectivity index is 1.74. The minimum atomic E-state index is -0.285. The van der Waals surface area contributed by atoms with Crippen molar-refractivity contribution >= 4 is 23.2 Å². The number of nitrogens with one attached hydrogen (secondary N) is 1. The molecule has 2 aromatic rings. The van der Waals surface area contributed by atoms with Crippen LogP contribution in [0, 0.1) is 6.92 Å². The molecule has 0 aliphatic heterocycles. The molecule has 0 aliphatic rings. The van der Waals surface area contributed by atoms with Crippen molar-refractivity contribution in [2.24, 2.45) is 5.73 Å². The number of aryl methyl sites for hydroxylation is 1. The van der Waals surface area contributed by atoms with Crippen molar-refractivity contribution in [2.75, 3.05) is 0 Å². The highest BCUT2D eigenvalue weighted by molar-refractivity contribution is 7.09. The number of amides is 2. The van der Waals surface area contributed by atoms with Crippen molar-refractivity contribution in [1.82, 2.24) is 10.3 Å². The van der Waals surface area contributed by atoms with Crippen molar-refractivity contribution in [1.29, 1.82) is 0 Å². The maximum absolute atomic E-state index is 11.8. The van der Waals surface area contributed by atoms with Gasteiger partial charge in [0, 0.05) is 23.8 Å². The largest absolute Gasteiger partial charge is 0.370 e. The summed E-state index contributed by atoms with van der Waals surface area (Å²) in [6, 6.07) is 8.13. The Labute approximate surface area is 146 Å². The van der Waals surface area contributed by atoms with E-state index in [0.717, 1.165) is 35.5 Å². The average molecular weight is 345 g/mol. The van der Waals surface area contributed by atoms with Crippen LogP contribution >= 0.6 is 11.3 Å². The molecule has 1 aromatic heterocycles. The number of hydrogen-bond acceptors (Lipinski definition) is 4. The number of hydrogen-bond donors (Lipinski definition) is 2. The summed E-state index contributed by atoms with van der Waals surface area (Å²) < 4.78 is 0. The first kappa shape index (κ1) is 18.1. The predicted molar refractivity (Wildman–Crippen MR) is 96.4 cm³/mol. The highest BCUT2D eigenvalue weighted by atomic mass is 32.1. The first-order chi connectivity index (χ1) is 11.6. The molecule has 0 atom stereocenters. The predicted octanol–water partition coefficient (Wildman–Crippen LogP) is 3.17. The summed E-state index contributed by atoms with van der Waals surface area (Å²) in [5, 5.41) is 5.82. The lowest BCUT2D eigenvalue weighted by atomic mass is 10.1. The summed E-state index contributed by atoms with van der Waals surface area (Å²) in [5.74, 6) is -0.269. The molecule has 24 heavy (non-hydrogen) atoms. The van der Waals surface area contributed by atoms with E-state index in [-0.39, 0.29) is 11.8 Å². The Morgan fingerprint density at radius 3 is 2.67 bits per heavy atom. The fraction of sp³-hybridized carbons (Fsp3) is 0.389. The molecular weight excluding hydrogens is 322 g/mol. The number of carbonyl (C=O) groups is 2. The quantitative estimate of drug-likeness (QED) is 0.685. The summed E-state index contributed by atoms with van der Waals surface area (Å²) >= 11 is 1.55. The summed E-state index contributed by atoms with van der Waals surface area (Å²) in [6.07, 6.45) is 3.21. The molecule has 128 valence electrons. The number of thiazole rings is 1. The van der Waals surface area contributed by atoms with Gasteiger partial charge in [-0.1, -0.05) is 30.7 Å². The fourth-order valence-electron chi connectivity index (χ4n) is 2.40. The van der Waals surface area contributed by atoms with Crippen LogP contribution in [0.25, 0.3) is 11.3 Å². The van der Waals surface area contributed by atoms with Crippen LogP contribution in [0.5, 0.6) is 0 Å². The topological polar surface area (TPSA) is 85.1 Å². The molecule has 2 rings (SSSR count). The van der Waals surface area contributed by atoms with Gasteiger partial charge in [-0.05, 0) is 25.3 Å². The normalized spacial score (nSPS) is 10.5. The first-order valence-electron chi connectivity index (χ1n) is 8.11. The third kappa shape index (κ3) is 5.77. The fourth-order valence-corrected chi connectivity index (χ4v) is 3.13. The Hall–Kier alpha value is -2.21. The van der Waals surface area contributed by atoms with Crippen LogP contribution in [0.15, 0.2) is 29.6 Å². The molecule has 0 aliphatic carbocycles. The Bertz CT molecular complexity index is 697. The molecule has 0 unspecified atom stereocenters. The lowest BCUT2D eigenvalue weighted by Crippen LogP contribution is -2.22. The maximum atomic E-state index is 11.8. The van der Waals surface area contributed by atoms with Gasteiger partial charge in [-0.3, -0.25) is 9.59 Å². The van der Waals surface area contributed by atoms with Crippen LogP contribution in [0.2, 0.25) is 0 Å². The molecule has 3 N–H and O–H groups in total. The van der Waals surface area contributed by atoms with Gasteiger partial charge in [-0.15, -0.1) is 11.3 Å². The monoisotopic (exact) mass is 345 g/mol. The standard InChI is InChI=1S/C18H23N3O2S/c1-13-7-5-6-8-14(13)15-12-24-18(21-15)11-20-17(23)10-4-2-3-9-16(19)22/h5-8,12H,2-4,9-11H2,1H3,(H2,19,22)(H,20,23). The lowest BCUT2D eigenvalue weighted by Gasteiger charge is -2.03. The van der Waals surface area contributed by atoms with Crippen molar-refractivity contribution in [3.63, 3.8) is 0 Å². The van der Waals surface area contributed by atoms with Gasteiger partial charge in [0.05, 0.1) is 12.2 Å². The average Bonchev–Trinajstić information content (AvgIpc) is 3.01. The zero-order valence-corrected chi connectivity index (χ0v) is 14.7. The number of carbonyl (C=O) groups excluding carboxylic acids is 2. The zero-order valence-electron chi connectivity index (χ0n) is 13.9. The SMILES string of the molecule is Cc1ccccc1-c1csc(CNC(=O)CCCCCC(N)=O)n1. The van der Waals surface area contributed by atoms with E-state index < -0.39 is 0 Å². The van der Waals surface area contributed by atoms with E-state index in [4.69, 9.17) is 5.73 Å². The number of aromatic nitrogens is 1. The molecule has 0 radical (unpaired) electrons. The Morgan fingerprint density at radius 1 is 1.17 bits per heavy atom. The summed E-state index contributed by atoms with van der Waals surface area (Å²) in [4.78, 5) is 27.0. The van der Waals surface area contributed by atoms with E-state index in [1.54, 1.807) is 11.3 Å². The van der Waals surface area contributed by atoms with Crippen LogP contribution < -0.4 is 11.1 Å². The van der Waals surface area contributed by atoms with Crippen LogP contribution in [-0.2, 0) is 16.1 Å². The van der Waals surface area contributed by atoms with Crippen molar-refractivity contribution in [3.8, 4) is 11.3 Å². The van der Waals surface area contributed by atoms with Gasteiger partial charge in [0.1, 0.15) is 5.01 Å². The second kappa shape index (κ2) is 9.17. The first-order valence-corrected chi connectivity index (χ1v) is 8.99. The number of benzene rings is 1. The number of primary amides is 1. The van der Waals surface area contributed by atoms with E-state index in [0.29, 0.717) is 19.4 Å². The molecule has 6 heteroatoms. The minimum Gasteiger partial charge on any atom is -0.370 e. The molecular formula is C18H23N3O2S. The van der Waals surface area contributed by atoms with E-state index in [1.165, 1.54) is 5.56 Å². The third-order valence-electron chi connectivity index (χ3n) is 3.74. The van der Waals surface area contributed by atoms with Gasteiger partial charge >= 0.3 is 0 Å². The number of nitrogens with zero attached hydrogens (tertiary/aromatic N) is 1. The molecule has 0 spiro atoms. The highest BCUT2D eigenvalue weighted by Crippen LogP contribution is 2.24. The maximum Gasteiger partial charge on any atom is 0.220 e. The van der Waals surface area contributed by atoms with Crippen molar-refractivity contribution in [3.05, 3.63) is 40.2 Å². The van der Waals surface area contributed by atoms with Gasteiger partial charge < -0.3 is 11.1 Å². The van der Waals surface area contributed by atoms with E-state index in [2.05, 4.69) is 29.4 Å². The van der Waals surface area contributed by atoms with Crippen molar-refractivity contribution < 1.29 is 9.59 Å². The molecule has 1 aromatic carbocycles. The van der Waals surface area contributed by atoms with E-state index in [9.17, 15) is 9.59 Å². The van der Waals surface area contributed by atoms with Gasteiger partial charge in [-0.2, -0.15) is 0 Å². The summed E-state index contributed by atoms with van der Waals surface area (Å²) in [7, 11) is 0. The molecule has 5 nitrogen and oxygen atoms in total. The highest BCUT2D eigenvalue weighted by Gasteiger charge is 2.08. The number of nitrogens with two attached hydrogens (primary N) is 1. The second-order valence-corrected chi connectivity index (χ2v) is 6.69. The molecule has 2 amide bonds. The Morgan fingerprint density at radius 2 is 1.92 bits per heavy atom. The van der Waals surface area contributed by atoms with Crippen LogP contribution in [-0.4, -0.2) is 16.8 Å². The van der Waals surface area contributed by atoms with Gasteiger partial charge in [0.15, 0.2) is 0 Å². The van der Waals surface area contributed by atoms with E-state index in [1.807, 2.05) is 17.5 Å². The van der Waals surface area contributed by atoms with Crippen LogP contribution in [0.3, 0.4) is 0 Å². The van der Waals surface area contributed by atoms with E-state index >= 15 is 0 Å². The van der Waals surface area contributed by atoms with Gasteiger partial charge in [-0.25, -0.2) is 4.98 Å². The van der Waals surface area contributed by atoms with Gasteiger partial charge in [0.25, 0.3) is 0 Å². The Kier molecular flexibility index (Phi) is 6.93. The third-order valence-corrected chi connectivity index (χ3v) is 4.59. The second-order valence-electron chi connectivity index (χ2n) is 5.75. The minimum absolute atomic E-state index is 0.0155. The van der Waals surface area contributed by atoms with Gasteiger partial charge in [0.2, 0.25) is 11.8 Å². The molecule has 0 saturated carbocycles. The molecule has 0 saturated heterocycles. The van der Waals surface area contributed by atoms with Crippen LogP contribution in [0.4, 0.5) is 0 Å². The van der Waals surface area contributed by atoms with Crippen LogP contribution in [0.1, 0.15) is 42.7 Å². The summed E-state index contributed by atoms with van der Waals surface area (Å²) in [5.41, 5.74) is 8.34. The van der Waals surface area contributed by atoms with Crippen molar-refractivity contribution in [2.45, 2.75) is 45.6 Å². The molecule has 0 bridgehead atoms. The lowest BCUT2D eigenvalue weighted by molar-refractivity contribution is -0.121. The smallest absolute Gasteiger partial charge is 0.220 e. The number of rotatable bonds is 9. The number of unbranched alkanes of at least 4 members (excludes halogenated alkanes) is 2. The molecule has 1 heterocycles. The zero-order chi connectivity index (χ0) is 17.4.